The SMILES string of the molecule is CCC(C(=O)O)N1C(=O)/C(=C/c2ccccc2OC(C)C(=O)O)SC1=S. The zero-order valence-electron chi connectivity index (χ0n) is 14.0. The van der Waals surface area contributed by atoms with Gasteiger partial charge in [-0.25, -0.2) is 9.59 Å². The van der Waals surface area contributed by atoms with Gasteiger partial charge in [-0.05, 0) is 25.5 Å². The van der Waals surface area contributed by atoms with Crippen LogP contribution in [-0.2, 0) is 14.4 Å². The molecule has 0 spiro atoms. The topological polar surface area (TPSA) is 104 Å². The average Bonchev–Trinajstić information content (AvgIpc) is 2.84. The highest BCUT2D eigenvalue weighted by Crippen LogP contribution is 2.36. The van der Waals surface area contributed by atoms with E-state index in [2.05, 4.69) is 0 Å². The number of aliphatic carboxylic acids is 2. The van der Waals surface area contributed by atoms with Gasteiger partial charge in [-0.3, -0.25) is 9.69 Å². The highest BCUT2D eigenvalue weighted by atomic mass is 32.2. The van der Waals surface area contributed by atoms with E-state index in [1.807, 2.05) is 0 Å². The largest absolute Gasteiger partial charge is 0.480 e. The standard InChI is InChI=1S/C17H17NO6S2/c1-3-11(16(22)23)18-14(19)13(26-17(18)25)8-10-6-4-5-7-12(10)24-9(2)15(20)21/h4-9,11H,3H2,1-2H3,(H,20,21)(H,22,23)/b13-8-. The molecule has 2 atom stereocenters. The first-order valence-corrected chi connectivity index (χ1v) is 8.97. The van der Waals surface area contributed by atoms with Crippen LogP contribution in [0.2, 0.25) is 0 Å². The molecule has 1 aliphatic rings. The minimum absolute atomic E-state index is 0.174. The lowest BCUT2D eigenvalue weighted by Crippen LogP contribution is -2.43. The van der Waals surface area contributed by atoms with Gasteiger partial charge in [0.25, 0.3) is 5.91 Å². The first-order valence-electron chi connectivity index (χ1n) is 7.74. The summed E-state index contributed by atoms with van der Waals surface area (Å²) in [7, 11) is 0. The molecule has 0 radical (unpaired) electrons. The average molecular weight is 395 g/mol. The van der Waals surface area contributed by atoms with Crippen LogP contribution in [0.25, 0.3) is 6.08 Å². The fourth-order valence-electron chi connectivity index (χ4n) is 2.31. The third-order valence-electron chi connectivity index (χ3n) is 3.66. The Bertz CT molecular complexity index is 791. The quantitative estimate of drug-likeness (QED) is 0.536. The zero-order chi connectivity index (χ0) is 19.4. The Kier molecular flexibility index (Phi) is 6.38. The van der Waals surface area contributed by atoms with E-state index in [1.165, 1.54) is 13.0 Å². The number of carboxylic acid groups (broad SMARTS) is 2. The molecule has 138 valence electrons. The molecule has 1 aromatic rings. The maximum absolute atomic E-state index is 12.6. The molecule has 7 nitrogen and oxygen atoms in total. The van der Waals surface area contributed by atoms with E-state index in [9.17, 15) is 19.5 Å². The van der Waals surface area contributed by atoms with Crippen molar-refractivity contribution in [1.29, 1.82) is 0 Å². The highest BCUT2D eigenvalue weighted by molar-refractivity contribution is 8.26. The monoisotopic (exact) mass is 395 g/mol. The Hall–Kier alpha value is -2.39. The molecule has 9 heteroatoms. The molecular formula is C17H17NO6S2. The minimum atomic E-state index is -1.12. The number of carbonyl (C=O) groups is 3. The van der Waals surface area contributed by atoms with Crippen molar-refractivity contribution in [2.75, 3.05) is 0 Å². The van der Waals surface area contributed by atoms with Gasteiger partial charge in [-0.1, -0.05) is 49.1 Å². The van der Waals surface area contributed by atoms with Crippen LogP contribution in [0, 0.1) is 0 Å². The van der Waals surface area contributed by atoms with E-state index in [-0.39, 0.29) is 15.6 Å². The highest BCUT2D eigenvalue weighted by Gasteiger charge is 2.39. The molecule has 1 heterocycles. The summed E-state index contributed by atoms with van der Waals surface area (Å²) in [6, 6.07) is 5.65. The summed E-state index contributed by atoms with van der Waals surface area (Å²) in [4.78, 5) is 36.3. The Balaban J connectivity index is 2.34. The van der Waals surface area contributed by atoms with E-state index in [0.717, 1.165) is 16.7 Å². The zero-order valence-corrected chi connectivity index (χ0v) is 15.7. The summed E-state index contributed by atoms with van der Waals surface area (Å²) >= 11 is 6.17. The molecule has 0 aliphatic carbocycles. The van der Waals surface area contributed by atoms with Gasteiger partial charge < -0.3 is 14.9 Å². The van der Waals surface area contributed by atoms with Crippen LogP contribution < -0.4 is 4.74 Å². The summed E-state index contributed by atoms with van der Waals surface area (Å²) in [5.74, 6) is -2.42. The predicted molar refractivity (Wildman–Crippen MR) is 101 cm³/mol. The number of para-hydroxylation sites is 1. The first-order chi connectivity index (χ1) is 12.3. The van der Waals surface area contributed by atoms with E-state index >= 15 is 0 Å². The molecule has 2 rings (SSSR count). The summed E-state index contributed by atoms with van der Waals surface area (Å²) in [5, 5.41) is 18.3. The third-order valence-corrected chi connectivity index (χ3v) is 4.99. The van der Waals surface area contributed by atoms with Crippen LogP contribution in [0.15, 0.2) is 29.2 Å². The molecule has 0 bridgehead atoms. The van der Waals surface area contributed by atoms with E-state index in [0.29, 0.717) is 11.3 Å². The van der Waals surface area contributed by atoms with Crippen LogP contribution in [0.1, 0.15) is 25.8 Å². The Morgan fingerprint density at radius 2 is 1.96 bits per heavy atom. The Morgan fingerprint density at radius 3 is 2.54 bits per heavy atom. The van der Waals surface area contributed by atoms with Crippen molar-refractivity contribution in [2.45, 2.75) is 32.4 Å². The van der Waals surface area contributed by atoms with Crippen LogP contribution in [-0.4, -0.2) is 49.4 Å². The first kappa shape index (κ1) is 19.9. The number of nitrogens with zero attached hydrogens (tertiary/aromatic N) is 1. The third kappa shape index (κ3) is 4.23. The molecule has 2 N–H and O–H groups in total. The number of carboxylic acids is 2. The van der Waals surface area contributed by atoms with Gasteiger partial charge in [0.15, 0.2) is 6.10 Å². The predicted octanol–water partition coefficient (Wildman–Crippen LogP) is 2.60. The van der Waals surface area contributed by atoms with Crippen molar-refractivity contribution in [1.82, 2.24) is 4.90 Å². The molecular weight excluding hydrogens is 378 g/mol. The second-order valence-corrected chi connectivity index (χ2v) is 7.13. The number of hydrogen-bond acceptors (Lipinski definition) is 6. The molecule has 1 saturated heterocycles. The van der Waals surface area contributed by atoms with E-state index in [4.69, 9.17) is 22.1 Å². The maximum atomic E-state index is 12.6. The van der Waals surface area contributed by atoms with Crippen molar-refractivity contribution in [2.24, 2.45) is 0 Å². The van der Waals surface area contributed by atoms with Gasteiger partial charge in [0.2, 0.25) is 0 Å². The van der Waals surface area contributed by atoms with Crippen LogP contribution in [0.4, 0.5) is 0 Å². The lowest BCUT2D eigenvalue weighted by molar-refractivity contribution is -0.145. The van der Waals surface area contributed by atoms with Gasteiger partial charge in [0.1, 0.15) is 16.1 Å². The van der Waals surface area contributed by atoms with Gasteiger partial charge in [0.05, 0.1) is 4.91 Å². The summed E-state index contributed by atoms with van der Waals surface area (Å²) in [6.07, 6.45) is 0.693. The molecule has 26 heavy (non-hydrogen) atoms. The number of ether oxygens (including phenoxy) is 1. The fraction of sp³-hybridized carbons (Fsp3) is 0.294. The Labute approximate surface area is 159 Å². The van der Waals surface area contributed by atoms with Gasteiger partial charge in [-0.2, -0.15) is 0 Å². The van der Waals surface area contributed by atoms with Crippen LogP contribution in [0.5, 0.6) is 5.75 Å². The van der Waals surface area contributed by atoms with Gasteiger partial charge in [0, 0.05) is 5.56 Å². The van der Waals surface area contributed by atoms with Crippen LogP contribution >= 0.6 is 24.0 Å². The summed E-state index contributed by atoms with van der Waals surface area (Å²) in [5.41, 5.74) is 0.504. The number of thioether (sulfide) groups is 1. The molecule has 1 aromatic carbocycles. The van der Waals surface area contributed by atoms with Crippen molar-refractivity contribution in [3.63, 3.8) is 0 Å². The molecule has 0 aromatic heterocycles. The van der Waals surface area contributed by atoms with Crippen LogP contribution in [0.3, 0.4) is 0 Å². The lowest BCUT2D eigenvalue weighted by atomic mass is 10.1. The molecule has 2 unspecified atom stereocenters. The maximum Gasteiger partial charge on any atom is 0.344 e. The second-order valence-electron chi connectivity index (χ2n) is 5.45. The van der Waals surface area contributed by atoms with Gasteiger partial charge >= 0.3 is 11.9 Å². The molecule has 1 aliphatic heterocycles. The molecule has 1 amide bonds. The normalized spacial score (nSPS) is 18.1. The van der Waals surface area contributed by atoms with Crippen molar-refractivity contribution in [3.05, 3.63) is 34.7 Å². The number of rotatable bonds is 7. The lowest BCUT2D eigenvalue weighted by Gasteiger charge is -2.21. The fourth-order valence-corrected chi connectivity index (χ4v) is 3.65. The molecule has 0 saturated carbocycles. The number of thiocarbonyl (C=S) groups is 1. The number of carbonyl (C=O) groups excluding carboxylic acids is 1. The number of hydrogen-bond donors (Lipinski definition) is 2. The summed E-state index contributed by atoms with van der Waals surface area (Å²) < 4.78 is 5.58. The molecule has 1 fully saturated rings. The second kappa shape index (κ2) is 8.33. The van der Waals surface area contributed by atoms with E-state index < -0.39 is 30.0 Å². The van der Waals surface area contributed by atoms with Crippen molar-refractivity contribution >= 4 is 52.2 Å². The Morgan fingerprint density at radius 1 is 1.31 bits per heavy atom. The van der Waals surface area contributed by atoms with Crippen molar-refractivity contribution < 1.29 is 29.3 Å². The minimum Gasteiger partial charge on any atom is -0.480 e. The van der Waals surface area contributed by atoms with Gasteiger partial charge in [-0.15, -0.1) is 0 Å². The number of amides is 1. The smallest absolute Gasteiger partial charge is 0.344 e. The number of benzene rings is 1. The summed E-state index contributed by atoms with van der Waals surface area (Å²) in [6.45, 7) is 3.06. The van der Waals surface area contributed by atoms with Crippen molar-refractivity contribution in [3.8, 4) is 5.75 Å². The van der Waals surface area contributed by atoms with E-state index in [1.54, 1.807) is 31.2 Å².